The Kier molecular flexibility index (Phi) is 4.13. The molecule has 4 N–H and O–H groups in total. The van der Waals surface area contributed by atoms with Crippen LogP contribution in [0.5, 0.6) is 0 Å². The maximum Gasteiger partial charge on any atom is 0.217 e. The van der Waals surface area contributed by atoms with Gasteiger partial charge in [0.1, 0.15) is 18.3 Å². The number of aliphatic hydroxyl groups is 3. The molecule has 1 heterocycles. The van der Waals surface area contributed by atoms with Crippen molar-refractivity contribution in [2.24, 2.45) is 5.11 Å². The molecule has 0 aromatic heterocycles. The van der Waals surface area contributed by atoms with Gasteiger partial charge in [-0.2, -0.15) is 0 Å². The lowest BCUT2D eigenvalue weighted by molar-refractivity contribution is -0.193. The van der Waals surface area contributed by atoms with Crippen molar-refractivity contribution in [3.8, 4) is 0 Å². The molecule has 1 fully saturated rings. The molecule has 0 aromatic rings. The van der Waals surface area contributed by atoms with Crippen LogP contribution in [0.1, 0.15) is 8.29 Å². The Morgan fingerprint density at radius 2 is 2.35 bits per heavy atom. The fraction of sp³-hybridized carbons (Fsp3) is 0.875. The number of carbonyl (C=O) groups is 1. The summed E-state index contributed by atoms with van der Waals surface area (Å²) in [6.45, 7) is 0.459. The van der Waals surface area contributed by atoms with Crippen LogP contribution in [0.4, 0.5) is 0 Å². The van der Waals surface area contributed by atoms with Crippen LogP contribution in [0, 0.1) is 0 Å². The van der Waals surface area contributed by atoms with E-state index in [2.05, 4.69) is 15.3 Å². The lowest BCUT2D eigenvalue weighted by Crippen LogP contribution is -2.63. The van der Waals surface area contributed by atoms with E-state index in [-0.39, 0.29) is 0 Å². The average molecular weight is 247 g/mol. The Balaban J connectivity index is 3.07. The summed E-state index contributed by atoms with van der Waals surface area (Å²) >= 11 is 0. The maximum atomic E-state index is 11.0. The van der Waals surface area contributed by atoms with Crippen molar-refractivity contribution >= 4 is 5.91 Å². The van der Waals surface area contributed by atoms with Gasteiger partial charge in [-0.15, -0.1) is 0 Å². The van der Waals surface area contributed by atoms with Crippen molar-refractivity contribution in [2.45, 2.75) is 37.5 Å². The van der Waals surface area contributed by atoms with Gasteiger partial charge in [0.25, 0.3) is 0 Å². The van der Waals surface area contributed by atoms with Crippen molar-refractivity contribution in [1.29, 1.82) is 0 Å². The molecule has 1 saturated heterocycles. The zero-order chi connectivity index (χ0) is 13.9. The van der Waals surface area contributed by atoms with E-state index >= 15 is 0 Å². The summed E-state index contributed by atoms with van der Waals surface area (Å²) in [5.74, 6) is -0.595. The van der Waals surface area contributed by atoms with Gasteiger partial charge in [0, 0.05) is 11.8 Å². The Labute approximate surface area is 98.0 Å². The molecule has 0 saturated carbocycles. The highest BCUT2D eigenvalue weighted by molar-refractivity contribution is 5.73. The lowest BCUT2D eigenvalue weighted by Gasteiger charge is -2.40. The van der Waals surface area contributed by atoms with Gasteiger partial charge in [0.15, 0.2) is 6.23 Å². The highest BCUT2D eigenvalue weighted by atomic mass is 16.5. The third kappa shape index (κ3) is 3.05. The number of azide groups is 1. The molecule has 17 heavy (non-hydrogen) atoms. The predicted octanol–water partition coefficient (Wildman–Crippen LogP) is -1.76. The molecule has 0 radical (unpaired) electrons. The first kappa shape index (κ1) is 12.1. The van der Waals surface area contributed by atoms with Gasteiger partial charge in [-0.25, -0.2) is 0 Å². The van der Waals surface area contributed by atoms with Gasteiger partial charge in [-0.1, -0.05) is 5.11 Å². The van der Waals surface area contributed by atoms with Crippen LogP contribution in [0.2, 0.25) is 0 Å². The van der Waals surface area contributed by atoms with Gasteiger partial charge in [-0.05, 0) is 5.53 Å². The number of nitrogens with zero attached hydrogens (tertiary/aromatic N) is 3. The molecule has 0 aromatic carbocycles. The van der Waals surface area contributed by atoms with Crippen LogP contribution in [-0.2, 0) is 9.53 Å². The van der Waals surface area contributed by atoms with Gasteiger partial charge < -0.3 is 25.4 Å². The molecule has 0 bridgehead atoms. The van der Waals surface area contributed by atoms with E-state index in [4.69, 9.17) is 16.7 Å². The first-order chi connectivity index (χ1) is 8.34. The number of nitrogens with one attached hydrogen (secondary N) is 1. The minimum atomic E-state index is -2.55. The van der Waals surface area contributed by atoms with Crippen LogP contribution in [0.15, 0.2) is 5.11 Å². The summed E-state index contributed by atoms with van der Waals surface area (Å²) in [4.78, 5) is 13.4. The highest BCUT2D eigenvalue weighted by Crippen LogP contribution is 2.22. The molecule has 1 aliphatic heterocycles. The first-order valence-electron chi connectivity index (χ1n) is 5.32. The van der Waals surface area contributed by atoms with Crippen molar-refractivity contribution in [3.05, 3.63) is 10.4 Å². The number of aliphatic hydroxyl groups excluding tert-OH is 2. The summed E-state index contributed by atoms with van der Waals surface area (Å²) < 4.78 is 12.7. The fourth-order valence-corrected chi connectivity index (χ4v) is 1.50. The molecule has 0 aliphatic carbocycles. The number of ether oxygens (including phenoxy) is 1. The van der Waals surface area contributed by atoms with E-state index in [0.717, 1.165) is 6.92 Å². The molecule has 1 rings (SSSR count). The van der Waals surface area contributed by atoms with Gasteiger partial charge in [0.2, 0.25) is 5.91 Å². The Bertz CT molecular complexity index is 372. The van der Waals surface area contributed by atoms with Crippen molar-refractivity contribution < 1.29 is 26.2 Å². The zero-order valence-electron chi connectivity index (χ0n) is 10.0. The van der Waals surface area contributed by atoms with Gasteiger partial charge in [0.05, 0.1) is 14.0 Å². The second-order valence-electron chi connectivity index (χ2n) is 3.50. The minimum absolute atomic E-state index is 0.595. The highest BCUT2D eigenvalue weighted by Gasteiger charge is 2.44. The third-order valence-corrected chi connectivity index (χ3v) is 2.28. The lowest BCUT2D eigenvalue weighted by atomic mass is 9.96. The number of hydrogen-bond acceptors (Lipinski definition) is 6. The average Bonchev–Trinajstić information content (AvgIpc) is 2.29. The van der Waals surface area contributed by atoms with Crippen molar-refractivity contribution in [1.82, 2.24) is 5.32 Å². The standard InChI is InChI=1S/C8H14N4O5/c1-3(14)10-5-7(16)6(15)4(2-13)17-8(5)11-12-9/h4-8,13,15-16H,2H2,1H3,(H,10,14)/t4-,5-,6-,7-,8?/m1/s1/i7D. The molecule has 0 spiro atoms. The Hall–Kier alpha value is -1.38. The summed E-state index contributed by atoms with van der Waals surface area (Å²) in [7, 11) is 0. The van der Waals surface area contributed by atoms with E-state index in [1.807, 2.05) is 0 Å². The predicted molar refractivity (Wildman–Crippen MR) is 54.5 cm³/mol. The van der Waals surface area contributed by atoms with Crippen LogP contribution in [-0.4, -0.2) is 58.4 Å². The zero-order valence-corrected chi connectivity index (χ0v) is 9.02. The normalized spacial score (nSPS) is 42.2. The molecular formula is C8H14N4O5. The van der Waals surface area contributed by atoms with Gasteiger partial charge >= 0.3 is 0 Å². The van der Waals surface area contributed by atoms with Crippen LogP contribution in [0.25, 0.3) is 10.4 Å². The van der Waals surface area contributed by atoms with Crippen molar-refractivity contribution in [3.63, 3.8) is 0 Å². The molecule has 5 atom stereocenters. The molecular weight excluding hydrogens is 232 g/mol. The largest absolute Gasteiger partial charge is 0.394 e. The SMILES string of the molecule is [2H][C@]1(O)[C@H](O)[C@@H](CO)OC(N=[N+]=[N-])[C@@H]1NC(C)=O. The van der Waals surface area contributed by atoms with E-state index in [0.29, 0.717) is 0 Å². The molecule has 1 aliphatic rings. The number of rotatable bonds is 3. The summed E-state index contributed by atoms with van der Waals surface area (Å²) in [5.41, 5.74) is 8.36. The number of carbonyl (C=O) groups excluding carboxylic acids is 1. The topological polar surface area (TPSA) is 148 Å². The second-order valence-corrected chi connectivity index (χ2v) is 3.50. The molecule has 1 amide bonds. The third-order valence-electron chi connectivity index (χ3n) is 2.28. The van der Waals surface area contributed by atoms with Crippen LogP contribution >= 0.6 is 0 Å². The quantitative estimate of drug-likeness (QED) is 0.265. The number of amides is 1. The summed E-state index contributed by atoms with van der Waals surface area (Å²) in [5, 5.41) is 33.8. The molecule has 96 valence electrons. The molecule has 9 heteroatoms. The fourth-order valence-electron chi connectivity index (χ4n) is 1.50. The minimum Gasteiger partial charge on any atom is -0.394 e. The van der Waals surface area contributed by atoms with E-state index in [1.54, 1.807) is 0 Å². The first-order valence-corrected chi connectivity index (χ1v) is 4.82. The van der Waals surface area contributed by atoms with Crippen LogP contribution < -0.4 is 5.32 Å². The molecule has 1 unspecified atom stereocenters. The van der Waals surface area contributed by atoms with E-state index in [9.17, 15) is 15.0 Å². The second kappa shape index (κ2) is 5.80. The monoisotopic (exact) mass is 247 g/mol. The maximum absolute atomic E-state index is 11.0. The summed E-state index contributed by atoms with van der Waals surface area (Å²) in [6, 6.07) is -1.44. The number of hydrogen-bond donors (Lipinski definition) is 4. The van der Waals surface area contributed by atoms with E-state index in [1.165, 1.54) is 0 Å². The smallest absolute Gasteiger partial charge is 0.217 e. The van der Waals surface area contributed by atoms with Crippen LogP contribution in [0.3, 0.4) is 0 Å². The summed E-state index contributed by atoms with van der Waals surface area (Å²) in [6.07, 6.45) is -6.99. The Morgan fingerprint density at radius 3 is 2.82 bits per heavy atom. The molecule has 9 nitrogen and oxygen atoms in total. The Morgan fingerprint density at radius 1 is 1.71 bits per heavy atom. The van der Waals surface area contributed by atoms with E-state index < -0.39 is 43.1 Å². The van der Waals surface area contributed by atoms with Gasteiger partial charge in [-0.3, -0.25) is 4.79 Å². The van der Waals surface area contributed by atoms with Crippen molar-refractivity contribution in [2.75, 3.05) is 6.61 Å².